The Labute approximate surface area is 156 Å². The van der Waals surface area contributed by atoms with Crippen LogP contribution in [0.25, 0.3) is 22.4 Å². The molecule has 134 valence electrons. The summed E-state index contributed by atoms with van der Waals surface area (Å²) in [5.41, 5.74) is 11.3. The molecule has 0 spiro atoms. The average Bonchev–Trinajstić information content (AvgIpc) is 3.10. The summed E-state index contributed by atoms with van der Waals surface area (Å²) in [6.07, 6.45) is 2.51. The molecule has 0 saturated carbocycles. The molecule has 1 atom stereocenters. The fourth-order valence-corrected chi connectivity index (χ4v) is 3.49. The van der Waals surface area contributed by atoms with Gasteiger partial charge in [0, 0.05) is 11.8 Å². The number of fused-ring (bicyclic) bond motifs is 2. The third kappa shape index (κ3) is 2.89. The van der Waals surface area contributed by atoms with E-state index in [4.69, 9.17) is 14.9 Å². The van der Waals surface area contributed by atoms with Crippen LogP contribution in [0.1, 0.15) is 22.9 Å². The highest BCUT2D eigenvalue weighted by atomic mass is 16.5. The second-order valence-electron chi connectivity index (χ2n) is 6.86. The Morgan fingerprint density at radius 1 is 1.07 bits per heavy atom. The molecule has 1 unspecified atom stereocenters. The molecule has 0 bridgehead atoms. The maximum atomic E-state index is 6.08. The van der Waals surface area contributed by atoms with E-state index in [9.17, 15) is 0 Å². The van der Waals surface area contributed by atoms with Gasteiger partial charge in [-0.25, -0.2) is 15.0 Å². The summed E-state index contributed by atoms with van der Waals surface area (Å²) in [6, 6.07) is 13.9. The highest BCUT2D eigenvalue weighted by molar-refractivity contribution is 5.79. The molecule has 2 N–H and O–H groups in total. The van der Waals surface area contributed by atoms with Crippen LogP contribution < -0.4 is 10.5 Å². The first-order chi connectivity index (χ1) is 13.2. The number of benzene rings is 2. The number of oxazole rings is 1. The predicted octanol–water partition coefficient (Wildman–Crippen LogP) is 3.89. The molecule has 0 aliphatic carbocycles. The van der Waals surface area contributed by atoms with Gasteiger partial charge < -0.3 is 14.9 Å². The Balaban J connectivity index is 1.48. The lowest BCUT2D eigenvalue weighted by atomic mass is 9.95. The molecule has 0 fully saturated rings. The molecule has 27 heavy (non-hydrogen) atoms. The summed E-state index contributed by atoms with van der Waals surface area (Å²) in [4.78, 5) is 12.9. The number of nitrogens with zero attached hydrogens (tertiary/aromatic N) is 3. The molecular weight excluding hydrogens is 340 g/mol. The van der Waals surface area contributed by atoms with Crippen LogP contribution in [0.2, 0.25) is 0 Å². The molecule has 1 aliphatic heterocycles. The lowest BCUT2D eigenvalue weighted by Crippen LogP contribution is -2.19. The smallest absolute Gasteiger partial charge is 0.220 e. The summed E-state index contributed by atoms with van der Waals surface area (Å²) in [7, 11) is 0. The zero-order chi connectivity index (χ0) is 18.4. The lowest BCUT2D eigenvalue weighted by Gasteiger charge is -2.23. The van der Waals surface area contributed by atoms with E-state index in [1.54, 1.807) is 6.20 Å². The van der Waals surface area contributed by atoms with E-state index < -0.39 is 0 Å². The van der Waals surface area contributed by atoms with Gasteiger partial charge in [0.15, 0.2) is 5.58 Å². The van der Waals surface area contributed by atoms with E-state index in [2.05, 4.69) is 34.0 Å². The first-order valence-corrected chi connectivity index (χ1v) is 8.87. The van der Waals surface area contributed by atoms with Crippen molar-refractivity contribution in [3.8, 4) is 17.0 Å². The van der Waals surface area contributed by atoms with Crippen molar-refractivity contribution < 1.29 is 9.15 Å². The topological polar surface area (TPSA) is 87.1 Å². The van der Waals surface area contributed by atoms with Crippen LogP contribution in [-0.2, 0) is 6.42 Å². The normalized spacial score (nSPS) is 16.1. The van der Waals surface area contributed by atoms with Crippen molar-refractivity contribution in [3.63, 3.8) is 0 Å². The summed E-state index contributed by atoms with van der Waals surface area (Å²) in [5.74, 6) is 2.01. The average molecular weight is 358 g/mol. The highest BCUT2D eigenvalue weighted by Gasteiger charge is 2.25. The zero-order valence-electron chi connectivity index (χ0n) is 14.8. The Morgan fingerprint density at radius 2 is 2.00 bits per heavy atom. The number of rotatable bonds is 2. The minimum absolute atomic E-state index is 0.102. The standard InChI is InChI=1S/C21H18N4O2/c1-12-2-5-18-14(8-12)9-15(11-26-18)20-24-17-4-3-13(10-19(17)27-20)16-6-7-23-21(22)25-16/h2-8,10,15H,9,11H2,1H3,(H2,22,23,25). The monoisotopic (exact) mass is 358 g/mol. The first-order valence-electron chi connectivity index (χ1n) is 8.87. The van der Waals surface area contributed by atoms with Gasteiger partial charge in [-0.15, -0.1) is 0 Å². The van der Waals surface area contributed by atoms with Crippen molar-refractivity contribution in [2.24, 2.45) is 0 Å². The van der Waals surface area contributed by atoms with E-state index in [1.807, 2.05) is 30.3 Å². The van der Waals surface area contributed by atoms with Crippen LogP contribution in [0.3, 0.4) is 0 Å². The van der Waals surface area contributed by atoms with Crippen molar-refractivity contribution in [3.05, 3.63) is 65.7 Å². The Hall–Kier alpha value is -3.41. The molecule has 0 amide bonds. The Kier molecular flexibility index (Phi) is 3.57. The second kappa shape index (κ2) is 6.09. The number of nitrogens with two attached hydrogens (primary N) is 1. The number of aromatic nitrogens is 3. The van der Waals surface area contributed by atoms with Crippen molar-refractivity contribution in [2.45, 2.75) is 19.3 Å². The minimum Gasteiger partial charge on any atom is -0.492 e. The number of anilines is 1. The molecule has 0 saturated heterocycles. The molecule has 1 aliphatic rings. The SMILES string of the molecule is Cc1ccc2c(c1)CC(c1nc3ccc(-c4ccnc(N)n4)cc3o1)CO2. The van der Waals surface area contributed by atoms with E-state index in [0.717, 1.165) is 34.5 Å². The van der Waals surface area contributed by atoms with Gasteiger partial charge in [0.1, 0.15) is 17.9 Å². The summed E-state index contributed by atoms with van der Waals surface area (Å²) >= 11 is 0. The molecule has 6 nitrogen and oxygen atoms in total. The van der Waals surface area contributed by atoms with Crippen molar-refractivity contribution >= 4 is 17.0 Å². The number of hydrogen-bond donors (Lipinski definition) is 1. The van der Waals surface area contributed by atoms with Gasteiger partial charge in [-0.1, -0.05) is 23.8 Å². The zero-order valence-corrected chi connectivity index (χ0v) is 14.8. The molecular formula is C21H18N4O2. The van der Waals surface area contributed by atoms with Crippen LogP contribution in [0.5, 0.6) is 5.75 Å². The van der Waals surface area contributed by atoms with Gasteiger partial charge in [-0.2, -0.15) is 0 Å². The fourth-order valence-electron chi connectivity index (χ4n) is 3.49. The summed E-state index contributed by atoms with van der Waals surface area (Å²) in [6.45, 7) is 2.66. The minimum atomic E-state index is 0.102. The summed E-state index contributed by atoms with van der Waals surface area (Å²) in [5, 5.41) is 0. The third-order valence-corrected chi connectivity index (χ3v) is 4.85. The van der Waals surface area contributed by atoms with Crippen molar-refractivity contribution in [2.75, 3.05) is 12.3 Å². The van der Waals surface area contributed by atoms with Crippen LogP contribution >= 0.6 is 0 Å². The maximum Gasteiger partial charge on any atom is 0.220 e. The van der Waals surface area contributed by atoms with Crippen LogP contribution in [0.15, 0.2) is 53.1 Å². The molecule has 6 heteroatoms. The van der Waals surface area contributed by atoms with Crippen LogP contribution in [-0.4, -0.2) is 21.6 Å². The van der Waals surface area contributed by atoms with Crippen LogP contribution in [0.4, 0.5) is 5.95 Å². The highest BCUT2D eigenvalue weighted by Crippen LogP contribution is 2.34. The largest absolute Gasteiger partial charge is 0.492 e. The molecule has 3 heterocycles. The quantitative estimate of drug-likeness (QED) is 0.585. The van der Waals surface area contributed by atoms with E-state index in [0.29, 0.717) is 12.5 Å². The number of hydrogen-bond acceptors (Lipinski definition) is 6. The number of ether oxygens (including phenoxy) is 1. The molecule has 2 aromatic carbocycles. The Bertz CT molecular complexity index is 1150. The van der Waals surface area contributed by atoms with Crippen molar-refractivity contribution in [1.29, 1.82) is 0 Å². The van der Waals surface area contributed by atoms with Gasteiger partial charge in [-0.05, 0) is 43.2 Å². The molecule has 2 aromatic heterocycles. The third-order valence-electron chi connectivity index (χ3n) is 4.85. The molecule has 4 aromatic rings. The van der Waals surface area contributed by atoms with Gasteiger partial charge in [0.2, 0.25) is 11.8 Å². The van der Waals surface area contributed by atoms with Crippen LogP contribution in [0, 0.1) is 6.92 Å². The first kappa shape index (κ1) is 15.8. The van der Waals surface area contributed by atoms with E-state index in [-0.39, 0.29) is 11.9 Å². The maximum absolute atomic E-state index is 6.08. The lowest BCUT2D eigenvalue weighted by molar-refractivity contribution is 0.243. The van der Waals surface area contributed by atoms with Gasteiger partial charge >= 0.3 is 0 Å². The fraction of sp³-hybridized carbons (Fsp3) is 0.190. The predicted molar refractivity (Wildman–Crippen MR) is 103 cm³/mol. The van der Waals surface area contributed by atoms with Gasteiger partial charge in [0.25, 0.3) is 0 Å². The summed E-state index contributed by atoms with van der Waals surface area (Å²) < 4.78 is 12.0. The van der Waals surface area contributed by atoms with E-state index >= 15 is 0 Å². The van der Waals surface area contributed by atoms with Gasteiger partial charge in [-0.3, -0.25) is 0 Å². The Morgan fingerprint density at radius 3 is 2.89 bits per heavy atom. The van der Waals surface area contributed by atoms with E-state index in [1.165, 1.54) is 11.1 Å². The second-order valence-corrected chi connectivity index (χ2v) is 6.86. The van der Waals surface area contributed by atoms with Gasteiger partial charge in [0.05, 0.1) is 11.6 Å². The number of nitrogen functional groups attached to an aromatic ring is 1. The molecule has 0 radical (unpaired) electrons. The number of aryl methyl sites for hydroxylation is 1. The van der Waals surface area contributed by atoms with Crippen molar-refractivity contribution in [1.82, 2.24) is 15.0 Å². The molecule has 5 rings (SSSR count).